The molecule has 32 heavy (non-hydrogen) atoms. The Kier molecular flexibility index (Phi) is 7.88. The van der Waals surface area contributed by atoms with Gasteiger partial charge in [-0.1, -0.05) is 30.8 Å². The molecule has 2 rings (SSSR count). The Bertz CT molecular complexity index is 862. The minimum absolute atomic E-state index is 0.245. The topological polar surface area (TPSA) is 36.9 Å². The van der Waals surface area contributed by atoms with Crippen LogP contribution in [0.25, 0.3) is 5.57 Å². The highest BCUT2D eigenvalue weighted by Gasteiger charge is 2.33. The fraction of sp³-hybridized carbons (Fsp3) is 0.462. The van der Waals surface area contributed by atoms with Crippen LogP contribution in [0.15, 0.2) is 55.1 Å². The van der Waals surface area contributed by atoms with Crippen LogP contribution in [-0.4, -0.2) is 28.3 Å². The molecule has 0 radical (unpaired) electrons. The standard InChI is InChI=1S/C26H40O4Si2/c1-20(21-14-12-16-23(18-21)27-31(8,9)29-25(2,3)4)22-15-13-17-24(19-22)28-32(10,11)30-26(5,6)7/h12-19H,1H2,2-11H3. The molecule has 6 heteroatoms. The van der Waals surface area contributed by atoms with Crippen LogP contribution >= 0.6 is 0 Å². The number of rotatable bonds is 8. The maximum Gasteiger partial charge on any atom is 0.392 e. The maximum atomic E-state index is 6.28. The largest absolute Gasteiger partial charge is 0.520 e. The number of benzene rings is 2. The Morgan fingerprint density at radius 3 is 1.31 bits per heavy atom. The zero-order valence-electron chi connectivity index (χ0n) is 21.5. The molecule has 0 atom stereocenters. The van der Waals surface area contributed by atoms with E-state index in [-0.39, 0.29) is 11.2 Å². The van der Waals surface area contributed by atoms with E-state index in [2.05, 4.69) is 74.3 Å². The third kappa shape index (κ3) is 8.94. The average molecular weight is 473 g/mol. The Labute approximate surface area is 197 Å². The molecule has 0 saturated carbocycles. The van der Waals surface area contributed by atoms with Crippen molar-refractivity contribution < 1.29 is 17.7 Å². The predicted octanol–water partition coefficient (Wildman–Crippen LogP) is 7.54. The van der Waals surface area contributed by atoms with Crippen molar-refractivity contribution in [3.05, 3.63) is 66.2 Å². The Hall–Kier alpha value is -1.87. The molecule has 0 N–H and O–H groups in total. The highest BCUT2D eigenvalue weighted by molar-refractivity contribution is 6.65. The minimum atomic E-state index is -2.33. The van der Waals surface area contributed by atoms with Gasteiger partial charge in [-0.3, -0.25) is 0 Å². The molecular weight excluding hydrogens is 432 g/mol. The van der Waals surface area contributed by atoms with E-state index in [4.69, 9.17) is 17.7 Å². The SMILES string of the molecule is C=C(c1cccc(O[Si](C)(C)OC(C)(C)C)c1)c1cccc(O[Si](C)(C)OC(C)(C)C)c1. The van der Waals surface area contributed by atoms with Gasteiger partial charge in [-0.05, 0) is 109 Å². The lowest BCUT2D eigenvalue weighted by Crippen LogP contribution is -2.44. The van der Waals surface area contributed by atoms with Gasteiger partial charge < -0.3 is 17.7 Å². The lowest BCUT2D eigenvalue weighted by Gasteiger charge is -2.32. The van der Waals surface area contributed by atoms with Crippen molar-refractivity contribution in [1.29, 1.82) is 0 Å². The Morgan fingerprint density at radius 2 is 1.00 bits per heavy atom. The molecule has 0 saturated heterocycles. The minimum Gasteiger partial charge on any atom is -0.520 e. The van der Waals surface area contributed by atoms with E-state index in [1.165, 1.54) is 0 Å². The number of hydrogen-bond acceptors (Lipinski definition) is 4. The summed E-state index contributed by atoms with van der Waals surface area (Å²) in [7, 11) is -4.66. The summed E-state index contributed by atoms with van der Waals surface area (Å²) in [6, 6.07) is 16.1. The van der Waals surface area contributed by atoms with Gasteiger partial charge in [0.2, 0.25) is 0 Å². The van der Waals surface area contributed by atoms with E-state index in [1.54, 1.807) is 0 Å². The summed E-state index contributed by atoms with van der Waals surface area (Å²) in [6.45, 7) is 24.9. The molecule has 0 aliphatic heterocycles. The second-order valence-corrected chi connectivity index (χ2v) is 17.4. The lowest BCUT2D eigenvalue weighted by molar-refractivity contribution is 0.0929. The fourth-order valence-corrected chi connectivity index (χ4v) is 8.17. The monoisotopic (exact) mass is 472 g/mol. The van der Waals surface area contributed by atoms with Gasteiger partial charge in [0.15, 0.2) is 0 Å². The van der Waals surface area contributed by atoms with Gasteiger partial charge in [0.25, 0.3) is 0 Å². The second kappa shape index (κ2) is 9.55. The Morgan fingerprint density at radius 1 is 0.656 bits per heavy atom. The van der Waals surface area contributed by atoms with Gasteiger partial charge in [0.05, 0.1) is 11.2 Å². The normalized spacial score (nSPS) is 13.1. The first-order valence-electron chi connectivity index (χ1n) is 11.1. The molecule has 2 aromatic rings. The summed E-state index contributed by atoms with van der Waals surface area (Å²) < 4.78 is 24.9. The third-order valence-electron chi connectivity index (χ3n) is 4.20. The predicted molar refractivity (Wildman–Crippen MR) is 139 cm³/mol. The highest BCUT2D eigenvalue weighted by atomic mass is 28.4. The van der Waals surface area contributed by atoms with Crippen molar-refractivity contribution >= 4 is 22.7 Å². The molecular formula is C26H40O4Si2. The second-order valence-electron chi connectivity index (χ2n) is 11.0. The van der Waals surface area contributed by atoms with E-state index in [9.17, 15) is 0 Å². The third-order valence-corrected chi connectivity index (χ3v) is 7.86. The quantitative estimate of drug-likeness (QED) is 0.372. The van der Waals surface area contributed by atoms with Crippen LogP contribution in [0, 0.1) is 0 Å². The molecule has 0 spiro atoms. The van der Waals surface area contributed by atoms with Gasteiger partial charge >= 0.3 is 17.1 Å². The molecule has 2 aromatic carbocycles. The average Bonchev–Trinajstić information content (AvgIpc) is 2.56. The van der Waals surface area contributed by atoms with Crippen molar-refractivity contribution in [2.75, 3.05) is 0 Å². The van der Waals surface area contributed by atoms with Crippen LogP contribution in [0.3, 0.4) is 0 Å². The first kappa shape index (κ1) is 26.4. The summed E-state index contributed by atoms with van der Waals surface area (Å²) in [6.07, 6.45) is 0. The van der Waals surface area contributed by atoms with Gasteiger partial charge in [-0.25, -0.2) is 0 Å². The van der Waals surface area contributed by atoms with Gasteiger partial charge in [-0.2, -0.15) is 0 Å². The summed E-state index contributed by atoms with van der Waals surface area (Å²) in [5.74, 6) is 1.59. The van der Waals surface area contributed by atoms with Crippen molar-refractivity contribution in [3.63, 3.8) is 0 Å². The molecule has 0 bridgehead atoms. The molecule has 0 fully saturated rings. The van der Waals surface area contributed by atoms with Crippen molar-refractivity contribution in [3.8, 4) is 11.5 Å². The van der Waals surface area contributed by atoms with E-state index >= 15 is 0 Å². The first-order chi connectivity index (χ1) is 14.4. The summed E-state index contributed by atoms with van der Waals surface area (Å²) in [5, 5.41) is 0. The van der Waals surface area contributed by atoms with Crippen molar-refractivity contribution in [2.45, 2.75) is 78.9 Å². The molecule has 0 aliphatic carbocycles. The van der Waals surface area contributed by atoms with Gasteiger partial charge in [-0.15, -0.1) is 0 Å². The van der Waals surface area contributed by atoms with Crippen LogP contribution in [-0.2, 0) is 8.85 Å². The van der Waals surface area contributed by atoms with Crippen molar-refractivity contribution in [2.24, 2.45) is 0 Å². The fourth-order valence-electron chi connectivity index (χ4n) is 3.75. The first-order valence-corrected chi connectivity index (χ1v) is 16.8. The molecule has 4 nitrogen and oxygen atoms in total. The van der Waals surface area contributed by atoms with Crippen molar-refractivity contribution in [1.82, 2.24) is 0 Å². The van der Waals surface area contributed by atoms with E-state index in [1.807, 2.05) is 48.5 Å². The molecule has 0 heterocycles. The van der Waals surface area contributed by atoms with Gasteiger partial charge in [0, 0.05) is 0 Å². The maximum absolute atomic E-state index is 6.28. The van der Waals surface area contributed by atoms with E-state index < -0.39 is 17.1 Å². The highest BCUT2D eigenvalue weighted by Crippen LogP contribution is 2.30. The zero-order chi connectivity index (χ0) is 24.4. The van der Waals surface area contributed by atoms with Crippen LogP contribution in [0.2, 0.25) is 26.2 Å². The molecule has 0 unspecified atom stereocenters. The van der Waals surface area contributed by atoms with Crippen LogP contribution in [0.5, 0.6) is 11.5 Å². The van der Waals surface area contributed by atoms with Gasteiger partial charge in [0.1, 0.15) is 11.5 Å². The molecule has 0 amide bonds. The van der Waals surface area contributed by atoms with E-state index in [0.29, 0.717) is 0 Å². The zero-order valence-corrected chi connectivity index (χ0v) is 23.5. The molecule has 176 valence electrons. The summed E-state index contributed by atoms with van der Waals surface area (Å²) in [4.78, 5) is 0. The molecule has 0 aliphatic rings. The summed E-state index contributed by atoms with van der Waals surface area (Å²) in [5.41, 5.74) is 2.43. The molecule has 0 aromatic heterocycles. The van der Waals surface area contributed by atoms with Crippen LogP contribution in [0.4, 0.5) is 0 Å². The Balaban J connectivity index is 2.20. The van der Waals surface area contributed by atoms with E-state index in [0.717, 1.165) is 28.2 Å². The smallest absolute Gasteiger partial charge is 0.392 e. The van der Waals surface area contributed by atoms with Crippen LogP contribution in [0.1, 0.15) is 52.7 Å². The van der Waals surface area contributed by atoms with Crippen LogP contribution < -0.4 is 8.85 Å². The lowest BCUT2D eigenvalue weighted by atomic mass is 9.99. The number of hydrogen-bond donors (Lipinski definition) is 0. The summed E-state index contributed by atoms with van der Waals surface area (Å²) >= 11 is 0.